The molecule has 2 unspecified atom stereocenters. The van der Waals surface area contributed by atoms with E-state index < -0.39 is 19.7 Å². The molecular weight excluding hydrogens is 319 g/mol. The lowest BCUT2D eigenvalue weighted by Gasteiger charge is -2.18. The van der Waals surface area contributed by atoms with Crippen molar-refractivity contribution < 1.29 is 28.6 Å². The molecule has 2 atom stereocenters. The van der Waals surface area contributed by atoms with E-state index in [1.165, 1.54) is 19.2 Å². The van der Waals surface area contributed by atoms with Crippen LogP contribution in [-0.4, -0.2) is 23.1 Å². The van der Waals surface area contributed by atoms with Crippen molar-refractivity contribution >= 4 is 13.6 Å². The molecule has 0 saturated heterocycles. The van der Waals surface area contributed by atoms with Crippen LogP contribution in [0, 0.1) is 0 Å². The van der Waals surface area contributed by atoms with Crippen molar-refractivity contribution in [2.75, 3.05) is 7.11 Å². The Morgan fingerprint density at radius 3 is 2.26 bits per heavy atom. The molecule has 0 fully saturated rings. The Morgan fingerprint density at radius 1 is 1.13 bits per heavy atom. The first-order valence-corrected chi connectivity index (χ1v) is 8.58. The molecule has 7 heteroatoms. The van der Waals surface area contributed by atoms with E-state index in [9.17, 15) is 19.4 Å². The van der Waals surface area contributed by atoms with Gasteiger partial charge in [0, 0.05) is 0 Å². The van der Waals surface area contributed by atoms with Gasteiger partial charge in [-0.3, -0.25) is 9.09 Å². The van der Waals surface area contributed by atoms with Crippen LogP contribution >= 0.6 is 7.60 Å². The largest absolute Gasteiger partial charge is 0.497 e. The Bertz CT molecular complexity index is 698. The number of hydrogen-bond donors (Lipinski definition) is 2. The first-order valence-electron chi connectivity index (χ1n) is 6.82. The lowest BCUT2D eigenvalue weighted by molar-refractivity contribution is -0.145. The quantitative estimate of drug-likeness (QED) is 0.754. The summed E-state index contributed by atoms with van der Waals surface area (Å²) in [6.45, 7) is 0. The summed E-state index contributed by atoms with van der Waals surface area (Å²) < 4.78 is 22.3. The predicted octanol–water partition coefficient (Wildman–Crippen LogP) is 3.22. The molecule has 0 aliphatic rings. The Morgan fingerprint density at radius 2 is 1.74 bits per heavy atom. The maximum atomic E-state index is 12.3. The Kier molecular flexibility index (Phi) is 5.55. The summed E-state index contributed by atoms with van der Waals surface area (Å²) in [4.78, 5) is 21.4. The third-order valence-corrected chi connectivity index (χ3v) is 4.44. The van der Waals surface area contributed by atoms with Crippen molar-refractivity contribution in [3.05, 3.63) is 65.7 Å². The number of hydrogen-bond acceptors (Lipinski definition) is 4. The number of ether oxygens (including phenoxy) is 1. The van der Waals surface area contributed by atoms with E-state index in [1.807, 2.05) is 0 Å². The molecule has 0 heterocycles. The number of carbonyl (C=O) groups is 1. The van der Waals surface area contributed by atoms with Crippen molar-refractivity contribution in [2.45, 2.75) is 12.3 Å². The molecule has 0 amide bonds. The van der Waals surface area contributed by atoms with Gasteiger partial charge < -0.3 is 14.7 Å². The number of methoxy groups -OCH3 is 1. The molecule has 0 aliphatic heterocycles. The summed E-state index contributed by atoms with van der Waals surface area (Å²) in [5.74, 6) is -0.699. The van der Waals surface area contributed by atoms with Gasteiger partial charge in [0.05, 0.1) is 13.3 Å². The Balaban J connectivity index is 2.14. The third-order valence-electron chi connectivity index (χ3n) is 3.14. The normalized spacial score (nSPS) is 14.7. The molecule has 2 aromatic rings. The van der Waals surface area contributed by atoms with E-state index in [2.05, 4.69) is 0 Å². The van der Waals surface area contributed by atoms with Crippen molar-refractivity contribution in [2.24, 2.45) is 0 Å². The lowest BCUT2D eigenvalue weighted by Crippen LogP contribution is -2.14. The minimum absolute atomic E-state index is 0.284. The van der Waals surface area contributed by atoms with E-state index in [0.717, 1.165) is 0 Å². The molecule has 2 N–H and O–H groups in total. The van der Waals surface area contributed by atoms with Gasteiger partial charge in [-0.1, -0.05) is 42.5 Å². The first-order chi connectivity index (χ1) is 10.9. The zero-order valence-corrected chi connectivity index (χ0v) is 13.3. The standard InChI is InChI=1S/C16H17O6P/c1-21-14-9-7-12(8-10-14)11-23(19,20)22-15(16(17)18)13-5-3-2-4-6-13/h2-10,15H,11H2,1H3,(H,17,18)(H,19,20). The summed E-state index contributed by atoms with van der Waals surface area (Å²) in [7, 11) is -2.61. The number of carboxylic acid groups (broad SMARTS) is 1. The Hall–Kier alpha value is -2.14. The molecule has 0 radical (unpaired) electrons. The van der Waals surface area contributed by atoms with Crippen LogP contribution in [0.1, 0.15) is 17.2 Å². The van der Waals surface area contributed by atoms with Crippen LogP contribution in [0.5, 0.6) is 5.75 Å². The molecule has 0 aromatic heterocycles. The van der Waals surface area contributed by atoms with Gasteiger partial charge in [-0.15, -0.1) is 0 Å². The van der Waals surface area contributed by atoms with Crippen molar-refractivity contribution in [1.82, 2.24) is 0 Å². The van der Waals surface area contributed by atoms with Crippen LogP contribution in [0.2, 0.25) is 0 Å². The topological polar surface area (TPSA) is 93.1 Å². The van der Waals surface area contributed by atoms with Gasteiger partial charge in [0.15, 0.2) is 6.10 Å². The van der Waals surface area contributed by atoms with E-state index in [1.54, 1.807) is 42.5 Å². The zero-order chi connectivity index (χ0) is 16.9. The molecular formula is C16H17O6P. The first kappa shape index (κ1) is 17.2. The van der Waals surface area contributed by atoms with E-state index in [-0.39, 0.29) is 6.16 Å². The highest BCUT2D eigenvalue weighted by atomic mass is 31.2. The maximum absolute atomic E-state index is 12.3. The average Bonchev–Trinajstić information content (AvgIpc) is 2.53. The molecule has 23 heavy (non-hydrogen) atoms. The van der Waals surface area contributed by atoms with Crippen LogP contribution in [0.25, 0.3) is 0 Å². The molecule has 0 saturated carbocycles. The SMILES string of the molecule is COc1ccc(CP(=O)(O)OC(C(=O)O)c2ccccc2)cc1. The van der Waals surface area contributed by atoms with Gasteiger partial charge in [0.25, 0.3) is 0 Å². The number of aliphatic carboxylic acids is 1. The lowest BCUT2D eigenvalue weighted by atomic mass is 10.1. The second kappa shape index (κ2) is 7.42. The predicted molar refractivity (Wildman–Crippen MR) is 84.4 cm³/mol. The second-order valence-corrected chi connectivity index (χ2v) is 6.68. The smallest absolute Gasteiger partial charge is 0.338 e. The number of rotatable bonds is 7. The van der Waals surface area contributed by atoms with E-state index >= 15 is 0 Å². The van der Waals surface area contributed by atoms with Gasteiger partial charge in [0.2, 0.25) is 0 Å². The van der Waals surface area contributed by atoms with Crippen LogP contribution in [0.15, 0.2) is 54.6 Å². The zero-order valence-electron chi connectivity index (χ0n) is 12.5. The maximum Gasteiger partial charge on any atom is 0.338 e. The molecule has 0 spiro atoms. The van der Waals surface area contributed by atoms with E-state index in [0.29, 0.717) is 16.9 Å². The number of benzene rings is 2. The van der Waals surface area contributed by atoms with Crippen LogP contribution < -0.4 is 4.74 Å². The van der Waals surface area contributed by atoms with Gasteiger partial charge in [0.1, 0.15) is 5.75 Å². The molecule has 2 aromatic carbocycles. The van der Waals surface area contributed by atoms with Crippen LogP contribution in [0.4, 0.5) is 0 Å². The second-order valence-electron chi connectivity index (χ2n) is 4.88. The van der Waals surface area contributed by atoms with Gasteiger partial charge in [-0.05, 0) is 23.3 Å². The van der Waals surface area contributed by atoms with Crippen LogP contribution in [-0.2, 0) is 20.0 Å². The summed E-state index contributed by atoms with van der Waals surface area (Å²) in [5.41, 5.74) is 0.859. The van der Waals surface area contributed by atoms with Crippen molar-refractivity contribution in [3.8, 4) is 5.75 Å². The fourth-order valence-corrected chi connectivity index (χ4v) is 3.33. The average molecular weight is 336 g/mol. The highest BCUT2D eigenvalue weighted by Crippen LogP contribution is 2.50. The van der Waals surface area contributed by atoms with Gasteiger partial charge >= 0.3 is 13.6 Å². The van der Waals surface area contributed by atoms with Gasteiger partial charge in [-0.25, -0.2) is 4.79 Å². The summed E-state index contributed by atoms with van der Waals surface area (Å²) in [6.07, 6.45) is -1.78. The molecule has 2 rings (SSSR count). The van der Waals surface area contributed by atoms with E-state index in [4.69, 9.17) is 9.26 Å². The van der Waals surface area contributed by atoms with Crippen LogP contribution in [0.3, 0.4) is 0 Å². The summed E-state index contributed by atoms with van der Waals surface area (Å²) in [6, 6.07) is 14.6. The van der Waals surface area contributed by atoms with Gasteiger partial charge in [-0.2, -0.15) is 0 Å². The highest BCUT2D eigenvalue weighted by Gasteiger charge is 2.31. The Labute approximate surface area is 133 Å². The molecule has 0 aliphatic carbocycles. The monoisotopic (exact) mass is 336 g/mol. The summed E-state index contributed by atoms with van der Waals surface area (Å²) >= 11 is 0. The highest BCUT2D eigenvalue weighted by molar-refractivity contribution is 7.52. The fourth-order valence-electron chi connectivity index (χ4n) is 2.04. The minimum Gasteiger partial charge on any atom is -0.497 e. The molecule has 0 bridgehead atoms. The summed E-state index contributed by atoms with van der Waals surface area (Å²) in [5, 5.41) is 9.25. The fraction of sp³-hybridized carbons (Fsp3) is 0.188. The molecule has 6 nitrogen and oxygen atoms in total. The van der Waals surface area contributed by atoms with Crippen molar-refractivity contribution in [1.29, 1.82) is 0 Å². The third kappa shape index (κ3) is 4.93. The number of carboxylic acids is 1. The minimum atomic E-state index is -4.14. The van der Waals surface area contributed by atoms with Crippen molar-refractivity contribution in [3.63, 3.8) is 0 Å². The molecule has 122 valence electrons.